The molecular formula is C11H18BrNS. The van der Waals surface area contributed by atoms with Crippen LogP contribution in [-0.2, 0) is 6.42 Å². The highest BCUT2D eigenvalue weighted by atomic mass is 79.9. The molecule has 1 unspecified atom stereocenters. The molecule has 0 aromatic carbocycles. The van der Waals surface area contributed by atoms with Crippen molar-refractivity contribution in [2.24, 2.45) is 5.41 Å². The Morgan fingerprint density at radius 2 is 2.14 bits per heavy atom. The largest absolute Gasteiger partial charge is 0.316 e. The molecule has 0 aliphatic heterocycles. The third-order valence-corrected chi connectivity index (χ3v) is 4.14. The van der Waals surface area contributed by atoms with Gasteiger partial charge in [-0.2, -0.15) is 0 Å². The zero-order valence-corrected chi connectivity index (χ0v) is 11.6. The lowest BCUT2D eigenvalue weighted by atomic mass is 9.84. The molecule has 0 radical (unpaired) electrons. The molecule has 1 aromatic heterocycles. The van der Waals surface area contributed by atoms with E-state index in [-0.39, 0.29) is 0 Å². The van der Waals surface area contributed by atoms with Crippen LogP contribution in [0, 0.1) is 5.41 Å². The van der Waals surface area contributed by atoms with Crippen molar-refractivity contribution in [3.8, 4) is 0 Å². The van der Waals surface area contributed by atoms with Crippen LogP contribution in [0.5, 0.6) is 0 Å². The number of halogens is 1. The maximum absolute atomic E-state index is 3.48. The van der Waals surface area contributed by atoms with E-state index in [0.717, 1.165) is 6.42 Å². The van der Waals surface area contributed by atoms with E-state index >= 15 is 0 Å². The normalized spacial score (nSPS) is 14.4. The highest BCUT2D eigenvalue weighted by Crippen LogP contribution is 2.26. The Morgan fingerprint density at radius 1 is 1.50 bits per heavy atom. The Morgan fingerprint density at radius 3 is 2.50 bits per heavy atom. The molecule has 0 bridgehead atoms. The molecule has 1 rings (SSSR count). The highest BCUT2D eigenvalue weighted by molar-refractivity contribution is 9.10. The fourth-order valence-corrected chi connectivity index (χ4v) is 3.00. The summed E-state index contributed by atoms with van der Waals surface area (Å²) in [5, 5.41) is 5.53. The molecule has 1 aromatic rings. The number of hydrogen-bond acceptors (Lipinski definition) is 2. The number of likely N-dealkylation sites (N-methyl/N-ethyl adjacent to an activating group) is 1. The van der Waals surface area contributed by atoms with Crippen LogP contribution < -0.4 is 5.32 Å². The van der Waals surface area contributed by atoms with Crippen LogP contribution in [0.1, 0.15) is 25.6 Å². The van der Waals surface area contributed by atoms with E-state index in [9.17, 15) is 0 Å². The van der Waals surface area contributed by atoms with Crippen LogP contribution in [0.4, 0.5) is 0 Å². The summed E-state index contributed by atoms with van der Waals surface area (Å²) in [5.74, 6) is 0. The van der Waals surface area contributed by atoms with E-state index in [1.165, 1.54) is 9.35 Å². The van der Waals surface area contributed by atoms with Gasteiger partial charge < -0.3 is 5.32 Å². The molecular weight excluding hydrogens is 258 g/mol. The summed E-state index contributed by atoms with van der Waals surface area (Å²) in [6, 6.07) is 2.74. The minimum absolute atomic E-state index is 0.311. The second-order valence-corrected chi connectivity index (χ2v) is 6.55. The molecule has 0 saturated heterocycles. The molecule has 80 valence electrons. The molecule has 1 nitrogen and oxygen atoms in total. The van der Waals surface area contributed by atoms with Crippen LogP contribution >= 0.6 is 27.3 Å². The van der Waals surface area contributed by atoms with Gasteiger partial charge in [-0.25, -0.2) is 0 Å². The van der Waals surface area contributed by atoms with Crippen molar-refractivity contribution < 1.29 is 0 Å². The van der Waals surface area contributed by atoms with Crippen molar-refractivity contribution in [1.29, 1.82) is 0 Å². The highest BCUT2D eigenvalue weighted by Gasteiger charge is 2.23. The van der Waals surface area contributed by atoms with Gasteiger partial charge in [0.25, 0.3) is 0 Å². The van der Waals surface area contributed by atoms with E-state index in [1.807, 2.05) is 18.4 Å². The monoisotopic (exact) mass is 275 g/mol. The molecule has 1 heterocycles. The van der Waals surface area contributed by atoms with Crippen LogP contribution in [0.25, 0.3) is 0 Å². The molecule has 0 spiro atoms. The lowest BCUT2D eigenvalue weighted by Gasteiger charge is -2.30. The molecule has 3 heteroatoms. The maximum Gasteiger partial charge on any atom is 0.0285 e. The second-order valence-electron chi connectivity index (χ2n) is 4.64. The van der Waals surface area contributed by atoms with Gasteiger partial charge in [0.05, 0.1) is 0 Å². The van der Waals surface area contributed by atoms with Crippen LogP contribution in [0.2, 0.25) is 0 Å². The van der Waals surface area contributed by atoms with E-state index in [4.69, 9.17) is 0 Å². The molecule has 0 amide bonds. The standard InChI is InChI=1S/C11H18BrNS/c1-11(2,3)10(13-4)6-9-5-8(12)7-14-9/h5,7,10,13H,6H2,1-4H3. The Kier molecular flexibility index (Phi) is 4.16. The smallest absolute Gasteiger partial charge is 0.0285 e. The zero-order valence-electron chi connectivity index (χ0n) is 9.23. The van der Waals surface area contributed by atoms with Crippen molar-refractivity contribution in [3.05, 3.63) is 20.8 Å². The average Bonchev–Trinajstić information content (AvgIpc) is 2.45. The minimum Gasteiger partial charge on any atom is -0.316 e. The van der Waals surface area contributed by atoms with Crippen molar-refractivity contribution in [2.45, 2.75) is 33.2 Å². The second kappa shape index (κ2) is 4.77. The van der Waals surface area contributed by atoms with Gasteiger partial charge in [-0.1, -0.05) is 20.8 Å². The predicted molar refractivity (Wildman–Crippen MR) is 68.0 cm³/mol. The lowest BCUT2D eigenvalue weighted by Crippen LogP contribution is -2.39. The van der Waals surface area contributed by atoms with Crippen LogP contribution in [-0.4, -0.2) is 13.1 Å². The summed E-state index contributed by atoms with van der Waals surface area (Å²) in [4.78, 5) is 1.44. The molecule has 1 N–H and O–H groups in total. The summed E-state index contributed by atoms with van der Waals surface area (Å²) < 4.78 is 1.20. The first-order valence-corrected chi connectivity index (χ1v) is 6.51. The quantitative estimate of drug-likeness (QED) is 0.888. The van der Waals surface area contributed by atoms with Crippen molar-refractivity contribution in [3.63, 3.8) is 0 Å². The van der Waals surface area contributed by atoms with Crippen molar-refractivity contribution in [1.82, 2.24) is 5.32 Å². The SMILES string of the molecule is CNC(Cc1cc(Br)cs1)C(C)(C)C. The summed E-state index contributed by atoms with van der Waals surface area (Å²) >= 11 is 5.31. The van der Waals surface area contributed by atoms with Crippen molar-refractivity contribution >= 4 is 27.3 Å². The van der Waals surface area contributed by atoms with Crippen molar-refractivity contribution in [2.75, 3.05) is 7.05 Å². The number of hydrogen-bond donors (Lipinski definition) is 1. The lowest BCUT2D eigenvalue weighted by molar-refractivity contribution is 0.281. The predicted octanol–water partition coefficient (Wildman–Crippen LogP) is 3.69. The van der Waals surface area contributed by atoms with Gasteiger partial charge in [-0.3, -0.25) is 0 Å². The Balaban J connectivity index is 2.66. The molecule has 1 atom stereocenters. The van der Waals surface area contributed by atoms with Gasteiger partial charge in [-0.15, -0.1) is 11.3 Å². The minimum atomic E-state index is 0.311. The fourth-order valence-electron chi connectivity index (χ4n) is 1.50. The third-order valence-electron chi connectivity index (χ3n) is 2.42. The topological polar surface area (TPSA) is 12.0 Å². The zero-order chi connectivity index (χ0) is 10.8. The Hall–Kier alpha value is 0.140. The van der Waals surface area contributed by atoms with Gasteiger partial charge in [0, 0.05) is 20.8 Å². The summed E-state index contributed by atoms with van der Waals surface area (Å²) in [6.07, 6.45) is 1.11. The molecule has 0 saturated carbocycles. The van der Waals surface area contributed by atoms with Gasteiger partial charge in [0.2, 0.25) is 0 Å². The third kappa shape index (κ3) is 3.37. The van der Waals surface area contributed by atoms with Gasteiger partial charge in [0.1, 0.15) is 0 Å². The fraction of sp³-hybridized carbons (Fsp3) is 0.636. The molecule has 0 aliphatic carbocycles. The van der Waals surface area contributed by atoms with Gasteiger partial charge >= 0.3 is 0 Å². The maximum atomic E-state index is 3.48. The number of thiophene rings is 1. The first-order valence-electron chi connectivity index (χ1n) is 4.83. The van der Waals surface area contributed by atoms with E-state index in [1.54, 1.807) is 0 Å². The van der Waals surface area contributed by atoms with E-state index in [2.05, 4.69) is 53.5 Å². The van der Waals surface area contributed by atoms with Gasteiger partial charge in [0.15, 0.2) is 0 Å². The van der Waals surface area contributed by atoms with Gasteiger partial charge in [-0.05, 0) is 40.9 Å². The summed E-state index contributed by atoms with van der Waals surface area (Å²) in [5.41, 5.74) is 0.311. The van der Waals surface area contributed by atoms with E-state index < -0.39 is 0 Å². The molecule has 0 fully saturated rings. The van der Waals surface area contributed by atoms with E-state index in [0.29, 0.717) is 11.5 Å². The van der Waals surface area contributed by atoms with Crippen LogP contribution in [0.3, 0.4) is 0 Å². The molecule has 14 heavy (non-hydrogen) atoms. The first-order chi connectivity index (χ1) is 6.43. The number of nitrogens with one attached hydrogen (secondary N) is 1. The number of rotatable bonds is 3. The molecule has 0 aliphatic rings. The average molecular weight is 276 g/mol. The Bertz CT molecular complexity index is 288. The first kappa shape index (κ1) is 12.2. The summed E-state index contributed by atoms with van der Waals surface area (Å²) in [6.45, 7) is 6.82. The van der Waals surface area contributed by atoms with Crippen LogP contribution in [0.15, 0.2) is 15.9 Å². The summed E-state index contributed by atoms with van der Waals surface area (Å²) in [7, 11) is 2.04. The Labute approximate surface area is 99.0 Å².